The van der Waals surface area contributed by atoms with Crippen molar-refractivity contribution in [2.45, 2.75) is 32.9 Å². The zero-order valence-electron chi connectivity index (χ0n) is 16.3. The van der Waals surface area contributed by atoms with Gasteiger partial charge in [-0.3, -0.25) is 4.79 Å². The molecule has 0 heterocycles. The highest BCUT2D eigenvalue weighted by molar-refractivity contribution is 5.80. The van der Waals surface area contributed by atoms with E-state index in [0.29, 0.717) is 36.1 Å². The fourth-order valence-corrected chi connectivity index (χ4v) is 2.45. The number of ether oxygens (including phenoxy) is 4. The second kappa shape index (κ2) is 10.3. The first-order valence-corrected chi connectivity index (χ1v) is 8.96. The summed E-state index contributed by atoms with van der Waals surface area (Å²) in [6.07, 6.45) is 0.265. The van der Waals surface area contributed by atoms with Crippen LogP contribution < -0.4 is 24.3 Å². The number of rotatable bonds is 10. The van der Waals surface area contributed by atoms with Crippen LogP contribution in [0.2, 0.25) is 0 Å². The van der Waals surface area contributed by atoms with Crippen molar-refractivity contribution in [1.82, 2.24) is 5.32 Å². The Bertz CT molecular complexity index is 747. The Morgan fingerprint density at radius 3 is 2.37 bits per heavy atom. The van der Waals surface area contributed by atoms with E-state index in [0.717, 1.165) is 12.0 Å². The van der Waals surface area contributed by atoms with Gasteiger partial charge in [0.25, 0.3) is 5.91 Å². The van der Waals surface area contributed by atoms with Crippen LogP contribution in [0.4, 0.5) is 0 Å². The summed E-state index contributed by atoms with van der Waals surface area (Å²) in [5, 5.41) is 2.87. The van der Waals surface area contributed by atoms with Crippen molar-refractivity contribution in [2.75, 3.05) is 20.8 Å². The summed E-state index contributed by atoms with van der Waals surface area (Å²) in [5.41, 5.74) is 0.911. The van der Waals surface area contributed by atoms with Crippen LogP contribution in [0.25, 0.3) is 0 Å². The maximum absolute atomic E-state index is 12.4. The Morgan fingerprint density at radius 1 is 1.00 bits per heavy atom. The van der Waals surface area contributed by atoms with Crippen molar-refractivity contribution < 1.29 is 23.7 Å². The average Bonchev–Trinajstić information content (AvgIpc) is 2.70. The summed E-state index contributed by atoms with van der Waals surface area (Å²) >= 11 is 0. The highest BCUT2D eigenvalue weighted by atomic mass is 16.5. The average molecular weight is 373 g/mol. The molecule has 0 radical (unpaired) electrons. The third-order valence-corrected chi connectivity index (χ3v) is 3.90. The van der Waals surface area contributed by atoms with E-state index in [1.807, 2.05) is 37.3 Å². The van der Waals surface area contributed by atoms with Crippen LogP contribution in [0.1, 0.15) is 25.8 Å². The zero-order valence-corrected chi connectivity index (χ0v) is 16.3. The Balaban J connectivity index is 1.94. The lowest BCUT2D eigenvalue weighted by Crippen LogP contribution is -2.35. The number of nitrogens with one attached hydrogen (secondary N) is 1. The fraction of sp³-hybridized carbons (Fsp3) is 0.381. The second-order valence-corrected chi connectivity index (χ2v) is 5.96. The minimum absolute atomic E-state index is 0.216. The highest BCUT2D eigenvalue weighted by Crippen LogP contribution is 2.28. The molecule has 6 nitrogen and oxygen atoms in total. The second-order valence-electron chi connectivity index (χ2n) is 5.96. The molecule has 0 fully saturated rings. The zero-order chi connectivity index (χ0) is 19.6. The quantitative estimate of drug-likeness (QED) is 0.690. The summed E-state index contributed by atoms with van der Waals surface area (Å²) < 4.78 is 22.0. The topological polar surface area (TPSA) is 66.0 Å². The number of amides is 1. The predicted octanol–water partition coefficient (Wildman–Crippen LogP) is 3.58. The lowest BCUT2D eigenvalue weighted by molar-refractivity contribution is -0.127. The minimum atomic E-state index is -0.657. The van der Waals surface area contributed by atoms with E-state index in [2.05, 4.69) is 5.32 Å². The molecule has 0 spiro atoms. The summed E-state index contributed by atoms with van der Waals surface area (Å²) in [4.78, 5) is 12.4. The molecule has 0 aromatic heterocycles. The first kappa shape index (κ1) is 20.4. The third-order valence-electron chi connectivity index (χ3n) is 3.90. The van der Waals surface area contributed by atoms with Gasteiger partial charge in [0.2, 0.25) is 0 Å². The maximum Gasteiger partial charge on any atom is 0.261 e. The van der Waals surface area contributed by atoms with Crippen molar-refractivity contribution in [1.29, 1.82) is 0 Å². The van der Waals surface area contributed by atoms with Crippen LogP contribution in [-0.4, -0.2) is 32.8 Å². The Labute approximate surface area is 160 Å². The number of carbonyl (C=O) groups is 1. The Morgan fingerprint density at radius 2 is 1.70 bits per heavy atom. The van der Waals surface area contributed by atoms with E-state index in [-0.39, 0.29) is 5.91 Å². The standard InChI is InChI=1S/C21H27NO5/c1-5-12-26-18-11-10-16(13-20(18)25-4)14-22-21(23)15(2)27-19-9-7-6-8-17(19)24-3/h6-11,13,15H,5,12,14H2,1-4H3,(H,22,23). The number of hydrogen-bond acceptors (Lipinski definition) is 5. The highest BCUT2D eigenvalue weighted by Gasteiger charge is 2.16. The van der Waals surface area contributed by atoms with E-state index >= 15 is 0 Å². The largest absolute Gasteiger partial charge is 0.493 e. The molecule has 0 aliphatic rings. The molecule has 6 heteroatoms. The van der Waals surface area contributed by atoms with Gasteiger partial charge in [0.05, 0.1) is 20.8 Å². The molecule has 27 heavy (non-hydrogen) atoms. The molecule has 1 atom stereocenters. The minimum Gasteiger partial charge on any atom is -0.493 e. The number of benzene rings is 2. The molecular formula is C21H27NO5. The molecule has 1 N–H and O–H groups in total. The Hall–Kier alpha value is -2.89. The summed E-state index contributed by atoms with van der Waals surface area (Å²) in [5.74, 6) is 2.24. The van der Waals surface area contributed by atoms with Gasteiger partial charge in [-0.25, -0.2) is 0 Å². The molecule has 0 bridgehead atoms. The number of hydrogen-bond donors (Lipinski definition) is 1. The fourth-order valence-electron chi connectivity index (χ4n) is 2.45. The predicted molar refractivity (Wildman–Crippen MR) is 104 cm³/mol. The number of carbonyl (C=O) groups excluding carboxylic acids is 1. The van der Waals surface area contributed by atoms with Gasteiger partial charge in [-0.2, -0.15) is 0 Å². The van der Waals surface area contributed by atoms with Crippen molar-refractivity contribution >= 4 is 5.91 Å². The molecule has 0 saturated carbocycles. The van der Waals surface area contributed by atoms with Crippen LogP contribution in [0.15, 0.2) is 42.5 Å². The molecule has 1 unspecified atom stereocenters. The first-order chi connectivity index (χ1) is 13.1. The molecular weight excluding hydrogens is 346 g/mol. The first-order valence-electron chi connectivity index (χ1n) is 8.96. The third kappa shape index (κ3) is 5.81. The molecule has 0 saturated heterocycles. The van der Waals surface area contributed by atoms with Gasteiger partial charge in [-0.15, -0.1) is 0 Å². The molecule has 0 aliphatic heterocycles. The normalized spacial score (nSPS) is 11.4. The number of para-hydroxylation sites is 2. The van der Waals surface area contributed by atoms with Crippen molar-refractivity contribution in [3.8, 4) is 23.0 Å². The molecule has 2 rings (SSSR count). The summed E-state index contributed by atoms with van der Waals surface area (Å²) in [7, 11) is 3.16. The molecule has 1 amide bonds. The summed E-state index contributed by atoms with van der Waals surface area (Å²) in [6.45, 7) is 4.74. The van der Waals surface area contributed by atoms with Gasteiger partial charge < -0.3 is 24.3 Å². The van der Waals surface area contributed by atoms with Gasteiger partial charge in [-0.05, 0) is 43.2 Å². The van der Waals surface area contributed by atoms with Gasteiger partial charge in [-0.1, -0.05) is 25.1 Å². The van der Waals surface area contributed by atoms with E-state index in [1.54, 1.807) is 33.3 Å². The van der Waals surface area contributed by atoms with Gasteiger partial charge in [0.1, 0.15) is 0 Å². The van der Waals surface area contributed by atoms with E-state index < -0.39 is 6.10 Å². The van der Waals surface area contributed by atoms with E-state index in [9.17, 15) is 4.79 Å². The lowest BCUT2D eigenvalue weighted by Gasteiger charge is -2.17. The smallest absolute Gasteiger partial charge is 0.261 e. The molecule has 2 aromatic carbocycles. The van der Waals surface area contributed by atoms with Crippen molar-refractivity contribution in [2.24, 2.45) is 0 Å². The Kier molecular flexibility index (Phi) is 7.79. The van der Waals surface area contributed by atoms with Gasteiger partial charge in [0.15, 0.2) is 29.1 Å². The lowest BCUT2D eigenvalue weighted by atomic mass is 10.2. The molecule has 2 aromatic rings. The molecule has 0 aliphatic carbocycles. The van der Waals surface area contributed by atoms with E-state index in [4.69, 9.17) is 18.9 Å². The summed E-state index contributed by atoms with van der Waals surface area (Å²) in [6, 6.07) is 12.8. The van der Waals surface area contributed by atoms with Crippen LogP contribution in [0.3, 0.4) is 0 Å². The van der Waals surface area contributed by atoms with Crippen LogP contribution in [-0.2, 0) is 11.3 Å². The molecule has 146 valence electrons. The van der Waals surface area contributed by atoms with Gasteiger partial charge in [0, 0.05) is 6.54 Å². The van der Waals surface area contributed by atoms with Gasteiger partial charge >= 0.3 is 0 Å². The monoisotopic (exact) mass is 373 g/mol. The van der Waals surface area contributed by atoms with E-state index in [1.165, 1.54) is 0 Å². The SMILES string of the molecule is CCCOc1ccc(CNC(=O)C(C)Oc2ccccc2OC)cc1OC. The maximum atomic E-state index is 12.4. The van der Waals surface area contributed by atoms with Crippen LogP contribution in [0, 0.1) is 0 Å². The van der Waals surface area contributed by atoms with Crippen LogP contribution in [0.5, 0.6) is 23.0 Å². The van der Waals surface area contributed by atoms with Crippen molar-refractivity contribution in [3.05, 3.63) is 48.0 Å². The van der Waals surface area contributed by atoms with Crippen LogP contribution >= 0.6 is 0 Å². The number of methoxy groups -OCH3 is 2. The van der Waals surface area contributed by atoms with Crippen molar-refractivity contribution in [3.63, 3.8) is 0 Å².